The van der Waals surface area contributed by atoms with Crippen LogP contribution in [0.1, 0.15) is 23.6 Å². The molecular formula is C18H15FN2O. The Balaban J connectivity index is 1.88. The highest BCUT2D eigenvalue weighted by Crippen LogP contribution is 2.16. The van der Waals surface area contributed by atoms with E-state index in [1.807, 2.05) is 24.3 Å². The number of hydrogen-bond acceptors (Lipinski definition) is 2. The number of rotatable bonds is 3. The van der Waals surface area contributed by atoms with Gasteiger partial charge in [0, 0.05) is 5.56 Å². The molecule has 2 aromatic rings. The first-order valence-electron chi connectivity index (χ1n) is 7.12. The summed E-state index contributed by atoms with van der Waals surface area (Å²) in [5.41, 5.74) is 3.20. The number of hydrogen-bond donors (Lipinski definition) is 1. The summed E-state index contributed by atoms with van der Waals surface area (Å²) in [7, 11) is 0. The van der Waals surface area contributed by atoms with Crippen LogP contribution in [-0.2, 0) is 11.2 Å². The Morgan fingerprint density at radius 2 is 1.77 bits per heavy atom. The molecule has 0 spiro atoms. The van der Waals surface area contributed by atoms with Crippen molar-refractivity contribution in [1.82, 2.24) is 5.32 Å². The van der Waals surface area contributed by atoms with E-state index in [2.05, 4.69) is 17.2 Å². The van der Waals surface area contributed by atoms with Gasteiger partial charge in [0.15, 0.2) is 0 Å². The third-order valence-corrected chi connectivity index (χ3v) is 3.51. The molecular weight excluding hydrogens is 279 g/mol. The van der Waals surface area contributed by atoms with Gasteiger partial charge in [-0.1, -0.05) is 31.2 Å². The average molecular weight is 294 g/mol. The number of halogens is 1. The first-order chi connectivity index (χ1) is 10.7. The van der Waals surface area contributed by atoms with Crippen molar-refractivity contribution in [2.24, 2.45) is 4.99 Å². The first-order valence-corrected chi connectivity index (χ1v) is 7.12. The fourth-order valence-electron chi connectivity index (χ4n) is 2.22. The summed E-state index contributed by atoms with van der Waals surface area (Å²) in [5, 5.41) is 2.70. The third-order valence-electron chi connectivity index (χ3n) is 3.51. The number of carbonyl (C=O) groups is 1. The second kappa shape index (κ2) is 5.93. The molecule has 0 atom stereocenters. The Labute approximate surface area is 128 Å². The van der Waals surface area contributed by atoms with Crippen LogP contribution in [0.5, 0.6) is 0 Å². The Morgan fingerprint density at radius 3 is 2.41 bits per heavy atom. The van der Waals surface area contributed by atoms with Gasteiger partial charge in [-0.25, -0.2) is 9.38 Å². The molecule has 1 amide bonds. The molecule has 0 bridgehead atoms. The van der Waals surface area contributed by atoms with Crippen LogP contribution in [0.3, 0.4) is 0 Å². The molecule has 0 radical (unpaired) electrons. The van der Waals surface area contributed by atoms with Gasteiger partial charge >= 0.3 is 0 Å². The number of amides is 1. The SMILES string of the molecule is CCc1ccc(/C=C2/N=C(c3ccc(F)cc3)NC2=O)cc1. The maximum atomic E-state index is 12.9. The molecule has 0 aliphatic carbocycles. The molecule has 3 rings (SSSR count). The van der Waals surface area contributed by atoms with Crippen LogP contribution >= 0.6 is 0 Å². The van der Waals surface area contributed by atoms with Crippen LogP contribution < -0.4 is 5.32 Å². The fraction of sp³-hybridized carbons (Fsp3) is 0.111. The van der Waals surface area contributed by atoms with Crippen LogP contribution in [0.4, 0.5) is 4.39 Å². The Hall–Kier alpha value is -2.75. The van der Waals surface area contributed by atoms with Gasteiger partial charge in [0.1, 0.15) is 17.3 Å². The van der Waals surface area contributed by atoms with Crippen LogP contribution in [0.25, 0.3) is 6.08 Å². The molecule has 0 aromatic heterocycles. The lowest BCUT2D eigenvalue weighted by Crippen LogP contribution is -2.24. The minimum absolute atomic E-state index is 0.251. The van der Waals surface area contributed by atoms with Gasteiger partial charge in [-0.3, -0.25) is 4.79 Å². The predicted octanol–water partition coefficient (Wildman–Crippen LogP) is 3.31. The number of nitrogens with one attached hydrogen (secondary N) is 1. The van der Waals surface area contributed by atoms with Crippen molar-refractivity contribution in [3.63, 3.8) is 0 Å². The van der Waals surface area contributed by atoms with Gasteiger partial charge < -0.3 is 5.32 Å². The van der Waals surface area contributed by atoms with E-state index in [4.69, 9.17) is 0 Å². The van der Waals surface area contributed by atoms with E-state index in [0.717, 1.165) is 12.0 Å². The van der Waals surface area contributed by atoms with Crippen molar-refractivity contribution in [2.45, 2.75) is 13.3 Å². The van der Waals surface area contributed by atoms with E-state index in [9.17, 15) is 9.18 Å². The molecule has 0 unspecified atom stereocenters. The van der Waals surface area contributed by atoms with E-state index in [1.165, 1.54) is 17.7 Å². The number of aliphatic imine (C=N–C) groups is 1. The summed E-state index contributed by atoms with van der Waals surface area (Å²) in [6.45, 7) is 2.09. The highest BCUT2D eigenvalue weighted by molar-refractivity contribution is 6.19. The van der Waals surface area contributed by atoms with Crippen molar-refractivity contribution in [3.8, 4) is 0 Å². The zero-order chi connectivity index (χ0) is 15.5. The Bertz CT molecular complexity index is 759. The molecule has 2 aromatic carbocycles. The van der Waals surface area contributed by atoms with Gasteiger partial charge in [0.25, 0.3) is 5.91 Å². The quantitative estimate of drug-likeness (QED) is 0.867. The van der Waals surface area contributed by atoms with Crippen molar-refractivity contribution in [1.29, 1.82) is 0 Å². The van der Waals surface area contributed by atoms with Crippen molar-refractivity contribution < 1.29 is 9.18 Å². The van der Waals surface area contributed by atoms with Crippen molar-refractivity contribution in [2.75, 3.05) is 0 Å². The van der Waals surface area contributed by atoms with Gasteiger partial charge in [-0.2, -0.15) is 0 Å². The van der Waals surface area contributed by atoms with Gasteiger partial charge in [-0.05, 0) is 47.9 Å². The van der Waals surface area contributed by atoms with Gasteiger partial charge in [-0.15, -0.1) is 0 Å². The molecule has 1 heterocycles. The molecule has 0 saturated carbocycles. The number of carbonyl (C=O) groups excluding carboxylic acids is 1. The topological polar surface area (TPSA) is 41.5 Å². The first kappa shape index (κ1) is 14.2. The predicted molar refractivity (Wildman–Crippen MR) is 84.9 cm³/mol. The summed E-state index contributed by atoms with van der Waals surface area (Å²) in [4.78, 5) is 16.3. The van der Waals surface area contributed by atoms with E-state index in [0.29, 0.717) is 17.1 Å². The summed E-state index contributed by atoms with van der Waals surface area (Å²) >= 11 is 0. The zero-order valence-electron chi connectivity index (χ0n) is 12.1. The standard InChI is InChI=1S/C18H15FN2O/c1-2-12-3-5-13(6-4-12)11-16-18(22)21-17(20-16)14-7-9-15(19)10-8-14/h3-11H,2H2,1H3,(H,20,21,22)/b16-11+. The zero-order valence-corrected chi connectivity index (χ0v) is 12.1. The number of benzene rings is 2. The molecule has 3 nitrogen and oxygen atoms in total. The summed E-state index contributed by atoms with van der Waals surface area (Å²) < 4.78 is 12.9. The van der Waals surface area contributed by atoms with Crippen molar-refractivity contribution >= 4 is 17.8 Å². The van der Waals surface area contributed by atoms with Crippen LogP contribution in [-0.4, -0.2) is 11.7 Å². The maximum Gasteiger partial charge on any atom is 0.275 e. The summed E-state index contributed by atoms with van der Waals surface area (Å²) in [5.74, 6) is -0.124. The average Bonchev–Trinajstić information content (AvgIpc) is 2.90. The van der Waals surface area contributed by atoms with E-state index in [1.54, 1.807) is 18.2 Å². The molecule has 22 heavy (non-hydrogen) atoms. The molecule has 1 aliphatic rings. The lowest BCUT2D eigenvalue weighted by Gasteiger charge is -1.99. The Kier molecular flexibility index (Phi) is 3.83. The second-order valence-electron chi connectivity index (χ2n) is 5.05. The third kappa shape index (κ3) is 2.96. The maximum absolute atomic E-state index is 12.9. The number of aryl methyl sites for hydroxylation is 1. The van der Waals surface area contributed by atoms with E-state index < -0.39 is 0 Å². The normalized spacial score (nSPS) is 15.8. The van der Waals surface area contributed by atoms with Crippen LogP contribution in [0.2, 0.25) is 0 Å². The van der Waals surface area contributed by atoms with Crippen LogP contribution in [0, 0.1) is 5.82 Å². The van der Waals surface area contributed by atoms with Gasteiger partial charge in [0.05, 0.1) is 0 Å². The number of nitrogens with zero attached hydrogens (tertiary/aromatic N) is 1. The highest BCUT2D eigenvalue weighted by atomic mass is 19.1. The van der Waals surface area contributed by atoms with Crippen LogP contribution in [0.15, 0.2) is 59.2 Å². The summed E-state index contributed by atoms with van der Waals surface area (Å²) in [6.07, 6.45) is 2.72. The summed E-state index contributed by atoms with van der Waals surface area (Å²) in [6, 6.07) is 13.9. The van der Waals surface area contributed by atoms with Gasteiger partial charge in [0.2, 0.25) is 0 Å². The molecule has 0 saturated heterocycles. The number of amidine groups is 1. The smallest absolute Gasteiger partial charge is 0.275 e. The lowest BCUT2D eigenvalue weighted by molar-refractivity contribution is -0.115. The molecule has 4 heteroatoms. The fourth-order valence-corrected chi connectivity index (χ4v) is 2.22. The molecule has 110 valence electrons. The molecule has 1 N–H and O–H groups in total. The van der Waals surface area contributed by atoms with Crippen molar-refractivity contribution in [3.05, 3.63) is 76.7 Å². The second-order valence-corrected chi connectivity index (χ2v) is 5.05. The minimum Gasteiger partial charge on any atom is -0.305 e. The van der Waals surface area contributed by atoms with E-state index >= 15 is 0 Å². The lowest BCUT2D eigenvalue weighted by atomic mass is 10.1. The van der Waals surface area contributed by atoms with E-state index in [-0.39, 0.29) is 11.7 Å². The largest absolute Gasteiger partial charge is 0.305 e. The molecule has 1 aliphatic heterocycles. The molecule has 0 fully saturated rings. The monoisotopic (exact) mass is 294 g/mol. The minimum atomic E-state index is -0.319. The highest BCUT2D eigenvalue weighted by Gasteiger charge is 2.20. The Morgan fingerprint density at radius 1 is 1.09 bits per heavy atom.